The van der Waals surface area contributed by atoms with E-state index in [0.717, 1.165) is 18.9 Å². The summed E-state index contributed by atoms with van der Waals surface area (Å²) in [5, 5.41) is 0. The predicted molar refractivity (Wildman–Crippen MR) is 88.5 cm³/mol. The molecule has 1 amide bonds. The molecule has 0 spiro atoms. The second-order valence-electron chi connectivity index (χ2n) is 8.93. The van der Waals surface area contributed by atoms with Gasteiger partial charge < -0.3 is 0 Å². The number of carbonyl (C=O) groups is 1. The van der Waals surface area contributed by atoms with Crippen LogP contribution in [-0.4, -0.2) is 5.91 Å². The van der Waals surface area contributed by atoms with Gasteiger partial charge in [-0.25, -0.2) is 0 Å². The van der Waals surface area contributed by atoms with Crippen molar-refractivity contribution >= 4 is 11.6 Å². The van der Waals surface area contributed by atoms with E-state index >= 15 is 0 Å². The van der Waals surface area contributed by atoms with Crippen LogP contribution in [0.25, 0.3) is 0 Å². The molecule has 0 radical (unpaired) electrons. The van der Waals surface area contributed by atoms with Gasteiger partial charge in [0.15, 0.2) is 0 Å². The lowest BCUT2D eigenvalue weighted by Crippen LogP contribution is -2.53. The third-order valence-corrected chi connectivity index (χ3v) is 8.62. The van der Waals surface area contributed by atoms with Gasteiger partial charge in [-0.2, -0.15) is 13.2 Å². The Morgan fingerprint density at radius 3 is 2.23 bits per heavy atom. The highest BCUT2D eigenvalue weighted by Gasteiger charge is 2.86. The molecule has 7 rings (SSSR count). The van der Waals surface area contributed by atoms with Gasteiger partial charge in [0.2, 0.25) is 5.91 Å². The number of nitrogens with one attached hydrogen (secondary N) is 2. The van der Waals surface area contributed by atoms with Gasteiger partial charge in [-0.3, -0.25) is 15.6 Å². The Hall–Kier alpha value is -1.72. The Kier molecular flexibility index (Phi) is 2.70. The Labute approximate surface area is 149 Å². The summed E-state index contributed by atoms with van der Waals surface area (Å²) in [6.07, 6.45) is 0.298. The first-order valence-electron chi connectivity index (χ1n) is 9.68. The van der Waals surface area contributed by atoms with Crippen molar-refractivity contribution < 1.29 is 18.0 Å². The van der Waals surface area contributed by atoms with E-state index < -0.39 is 11.7 Å². The fraction of sp³-hybridized carbons (Fsp3) is 0.650. The number of benzene rings is 1. The van der Waals surface area contributed by atoms with Crippen molar-refractivity contribution in [1.82, 2.24) is 5.43 Å². The Bertz CT molecular complexity index is 780. The molecule has 6 unspecified atom stereocenters. The quantitative estimate of drug-likeness (QED) is 0.796. The highest BCUT2D eigenvalue weighted by molar-refractivity contribution is 5.87. The molecule has 0 aromatic heterocycles. The summed E-state index contributed by atoms with van der Waals surface area (Å²) in [6.45, 7) is 0. The smallest absolute Gasteiger partial charge is 0.298 e. The normalized spacial score (nSPS) is 46.3. The Morgan fingerprint density at radius 1 is 1.00 bits per heavy atom. The summed E-state index contributed by atoms with van der Waals surface area (Å²) in [5.41, 5.74) is 4.19. The van der Waals surface area contributed by atoms with Crippen molar-refractivity contribution in [2.75, 3.05) is 5.43 Å². The molecular weight excluding hydrogens is 341 g/mol. The SMILES string of the molecule is O=C(NNc1ccccc1C(F)(F)F)C12C3CCC4C3C3C(CCC31)C42. The van der Waals surface area contributed by atoms with Crippen LogP contribution in [0.1, 0.15) is 31.2 Å². The number of hydrogen-bond donors (Lipinski definition) is 2. The summed E-state index contributed by atoms with van der Waals surface area (Å²) in [7, 11) is 0. The molecule has 1 aromatic carbocycles. The largest absolute Gasteiger partial charge is 0.418 e. The van der Waals surface area contributed by atoms with Gasteiger partial charge in [-0.15, -0.1) is 0 Å². The molecule has 6 aliphatic rings. The third-order valence-electron chi connectivity index (χ3n) is 8.62. The second kappa shape index (κ2) is 4.57. The number of alkyl halides is 3. The first kappa shape index (κ1) is 15.3. The van der Waals surface area contributed by atoms with Crippen molar-refractivity contribution in [2.45, 2.75) is 31.9 Å². The van der Waals surface area contributed by atoms with Gasteiger partial charge in [0.25, 0.3) is 0 Å². The van der Waals surface area contributed by atoms with E-state index in [0.29, 0.717) is 41.4 Å². The summed E-state index contributed by atoms with van der Waals surface area (Å²) in [4.78, 5) is 13.3. The number of rotatable bonds is 3. The first-order chi connectivity index (χ1) is 12.5. The van der Waals surface area contributed by atoms with Crippen molar-refractivity contribution in [2.24, 2.45) is 46.8 Å². The van der Waals surface area contributed by atoms with Gasteiger partial charge >= 0.3 is 6.18 Å². The van der Waals surface area contributed by atoms with Crippen LogP contribution in [0.5, 0.6) is 0 Å². The van der Waals surface area contributed by atoms with Crippen LogP contribution in [0.3, 0.4) is 0 Å². The van der Waals surface area contributed by atoms with Crippen LogP contribution in [-0.2, 0) is 11.0 Å². The third kappa shape index (κ3) is 1.49. The molecule has 2 N–H and O–H groups in total. The van der Waals surface area contributed by atoms with Crippen LogP contribution >= 0.6 is 0 Å². The van der Waals surface area contributed by atoms with E-state index in [2.05, 4.69) is 10.9 Å². The number of anilines is 1. The molecule has 6 atom stereocenters. The van der Waals surface area contributed by atoms with Gasteiger partial charge in [0.1, 0.15) is 0 Å². The lowest BCUT2D eigenvalue weighted by atomic mass is 9.59. The number of halogens is 3. The molecule has 0 heterocycles. The molecule has 1 aromatic rings. The van der Waals surface area contributed by atoms with Crippen LogP contribution in [0.2, 0.25) is 0 Å². The van der Waals surface area contributed by atoms with Gasteiger partial charge in [-0.1, -0.05) is 12.1 Å². The van der Waals surface area contributed by atoms with Gasteiger partial charge in [-0.05, 0) is 79.2 Å². The van der Waals surface area contributed by atoms with Crippen LogP contribution in [0.4, 0.5) is 18.9 Å². The average Bonchev–Trinajstić information content (AvgIpc) is 3.39. The van der Waals surface area contributed by atoms with E-state index in [-0.39, 0.29) is 17.0 Å². The summed E-state index contributed by atoms with van der Waals surface area (Å²) >= 11 is 0. The monoisotopic (exact) mass is 362 g/mol. The molecule has 6 aliphatic carbocycles. The van der Waals surface area contributed by atoms with Crippen LogP contribution in [0, 0.1) is 46.8 Å². The Morgan fingerprint density at radius 2 is 1.62 bits per heavy atom. The van der Waals surface area contributed by atoms with Crippen molar-refractivity contribution in [3.8, 4) is 0 Å². The molecule has 6 fully saturated rings. The zero-order valence-corrected chi connectivity index (χ0v) is 14.2. The topological polar surface area (TPSA) is 41.1 Å². The Balaban J connectivity index is 1.29. The minimum absolute atomic E-state index is 0.0497. The highest BCUT2D eigenvalue weighted by Crippen LogP contribution is 2.87. The number of para-hydroxylation sites is 1. The van der Waals surface area contributed by atoms with Crippen molar-refractivity contribution in [3.63, 3.8) is 0 Å². The van der Waals surface area contributed by atoms with E-state index in [4.69, 9.17) is 0 Å². The average molecular weight is 362 g/mol. The molecule has 26 heavy (non-hydrogen) atoms. The maximum Gasteiger partial charge on any atom is 0.418 e. The first-order valence-corrected chi connectivity index (χ1v) is 9.68. The minimum Gasteiger partial charge on any atom is -0.298 e. The van der Waals surface area contributed by atoms with Crippen molar-refractivity contribution in [3.05, 3.63) is 29.8 Å². The molecule has 138 valence electrons. The molecule has 6 heteroatoms. The van der Waals surface area contributed by atoms with Crippen LogP contribution < -0.4 is 10.9 Å². The van der Waals surface area contributed by atoms with Gasteiger partial charge in [0.05, 0.1) is 16.7 Å². The van der Waals surface area contributed by atoms with Crippen molar-refractivity contribution in [1.29, 1.82) is 0 Å². The number of hydrogen-bond acceptors (Lipinski definition) is 2. The molecule has 8 bridgehead atoms. The second-order valence-corrected chi connectivity index (χ2v) is 8.93. The minimum atomic E-state index is -4.45. The van der Waals surface area contributed by atoms with Gasteiger partial charge in [0, 0.05) is 0 Å². The maximum absolute atomic E-state index is 13.3. The zero-order chi connectivity index (χ0) is 17.8. The number of carbonyl (C=O) groups excluding carboxylic acids is 1. The number of amides is 1. The molecule has 0 saturated heterocycles. The lowest BCUT2D eigenvalue weighted by molar-refractivity contribution is -0.142. The summed E-state index contributed by atoms with van der Waals surface area (Å²) in [5.74, 6) is 4.17. The number of hydrazine groups is 1. The summed E-state index contributed by atoms with van der Waals surface area (Å²) in [6, 6.07) is 5.31. The standard InChI is InChI=1S/C20H21F3N2O/c21-20(22,23)11-3-1-2-4-14(11)24-25-18(26)19-12-7-5-9-15(12)16-10(17(9)19)6-8-13(16)19/h1-4,9-10,12-13,15-17,24H,5-8H2,(H,25,26). The van der Waals surface area contributed by atoms with E-state index in [1.54, 1.807) is 6.07 Å². The zero-order valence-electron chi connectivity index (χ0n) is 14.2. The maximum atomic E-state index is 13.3. The molecule has 6 saturated carbocycles. The fourth-order valence-electron chi connectivity index (χ4n) is 8.53. The van der Waals surface area contributed by atoms with Crippen LogP contribution in [0.15, 0.2) is 24.3 Å². The summed E-state index contributed by atoms with van der Waals surface area (Å²) < 4.78 is 39.5. The predicted octanol–water partition coefficient (Wildman–Crippen LogP) is 4.08. The van der Waals surface area contributed by atoms with E-state index in [1.165, 1.54) is 25.0 Å². The lowest BCUT2D eigenvalue weighted by Gasteiger charge is -2.45. The molecule has 0 aliphatic heterocycles. The molecular formula is C20H21F3N2O. The van der Waals surface area contributed by atoms with E-state index in [1.807, 2.05) is 0 Å². The molecule has 3 nitrogen and oxygen atoms in total. The van der Waals surface area contributed by atoms with E-state index in [9.17, 15) is 18.0 Å². The fourth-order valence-corrected chi connectivity index (χ4v) is 8.53. The highest BCUT2D eigenvalue weighted by atomic mass is 19.4.